The van der Waals surface area contributed by atoms with Crippen LogP contribution in [0.5, 0.6) is 0 Å². The van der Waals surface area contributed by atoms with Crippen LogP contribution in [0.2, 0.25) is 5.02 Å². The average molecular weight is 539 g/mol. The highest BCUT2D eigenvalue weighted by molar-refractivity contribution is 6.32. The van der Waals surface area contributed by atoms with Crippen molar-refractivity contribution in [3.8, 4) is 22.9 Å². The predicted octanol–water partition coefficient (Wildman–Crippen LogP) is 5.10. The third-order valence-electron chi connectivity index (χ3n) is 5.68. The largest absolute Gasteiger partial charge is 0.320 e. The first-order valence-corrected chi connectivity index (χ1v) is 11.7. The van der Waals surface area contributed by atoms with Crippen LogP contribution in [0.1, 0.15) is 28.5 Å². The fourth-order valence-corrected chi connectivity index (χ4v) is 4.17. The van der Waals surface area contributed by atoms with Gasteiger partial charge in [0.25, 0.3) is 5.91 Å². The van der Waals surface area contributed by atoms with E-state index < -0.39 is 23.4 Å². The van der Waals surface area contributed by atoms with E-state index in [1.54, 1.807) is 26.0 Å². The summed E-state index contributed by atoms with van der Waals surface area (Å²) < 4.78 is 44.5. The topological polar surface area (TPSA) is 103 Å². The molecule has 1 amide bonds. The summed E-state index contributed by atoms with van der Waals surface area (Å²) in [6.07, 6.45) is 6.03. The van der Waals surface area contributed by atoms with Gasteiger partial charge in [-0.2, -0.15) is 15.3 Å². The van der Waals surface area contributed by atoms with Gasteiger partial charge in [-0.3, -0.25) is 4.79 Å². The minimum Gasteiger partial charge on any atom is -0.320 e. The second-order valence-corrected chi connectivity index (χ2v) is 8.51. The molecule has 0 spiro atoms. The van der Waals surface area contributed by atoms with Crippen molar-refractivity contribution in [1.29, 1.82) is 0 Å². The molecule has 0 unspecified atom stereocenters. The number of rotatable bonds is 6. The molecule has 38 heavy (non-hydrogen) atoms. The van der Waals surface area contributed by atoms with Crippen molar-refractivity contribution in [3.05, 3.63) is 94.4 Å². The first kappa shape index (κ1) is 25.1. The summed E-state index contributed by atoms with van der Waals surface area (Å²) >= 11 is 6.32. The van der Waals surface area contributed by atoms with Crippen LogP contribution in [0.25, 0.3) is 22.9 Å². The van der Waals surface area contributed by atoms with Gasteiger partial charge in [0, 0.05) is 11.8 Å². The number of amides is 1. The van der Waals surface area contributed by atoms with Gasteiger partial charge in [0.05, 0.1) is 46.3 Å². The first-order chi connectivity index (χ1) is 18.3. The molecule has 9 nitrogen and oxygen atoms in total. The summed E-state index contributed by atoms with van der Waals surface area (Å²) in [5.74, 6) is -4.65. The van der Waals surface area contributed by atoms with Crippen molar-refractivity contribution in [2.75, 3.05) is 5.32 Å². The van der Waals surface area contributed by atoms with Crippen LogP contribution in [-0.2, 0) is 6.42 Å². The number of anilines is 1. The zero-order valence-electron chi connectivity index (χ0n) is 20.0. The Kier molecular flexibility index (Phi) is 6.64. The SMILES string of the molecule is CCc1nn(-c2ncccc2C)c(-c2ccc(F)c(F)c2F)c1C(=O)Nc1cnc(-n2nccn2)c(Cl)c1. The molecular weight excluding hydrogens is 521 g/mol. The Morgan fingerprint density at radius 3 is 2.47 bits per heavy atom. The van der Waals surface area contributed by atoms with Crippen molar-refractivity contribution in [3.63, 3.8) is 0 Å². The maximum atomic E-state index is 15.1. The summed E-state index contributed by atoms with van der Waals surface area (Å²) in [7, 11) is 0. The number of benzene rings is 1. The Balaban J connectivity index is 1.66. The molecule has 13 heteroatoms. The van der Waals surface area contributed by atoms with Gasteiger partial charge in [-0.05, 0) is 43.2 Å². The number of carbonyl (C=O) groups excluding carboxylic acids is 1. The molecule has 0 aliphatic rings. The molecule has 0 aliphatic heterocycles. The molecule has 4 aromatic heterocycles. The summed E-state index contributed by atoms with van der Waals surface area (Å²) in [5, 5.41) is 15.3. The van der Waals surface area contributed by atoms with Crippen LogP contribution in [0.4, 0.5) is 18.9 Å². The monoisotopic (exact) mass is 538 g/mol. The van der Waals surface area contributed by atoms with Gasteiger partial charge >= 0.3 is 0 Å². The third kappa shape index (κ3) is 4.39. The lowest BCUT2D eigenvalue weighted by atomic mass is 10.0. The van der Waals surface area contributed by atoms with Gasteiger partial charge in [0.15, 0.2) is 29.1 Å². The minimum atomic E-state index is -1.67. The number of halogens is 4. The summed E-state index contributed by atoms with van der Waals surface area (Å²) in [6.45, 7) is 3.51. The molecule has 1 aromatic carbocycles. The molecule has 4 heterocycles. The highest BCUT2D eigenvalue weighted by Gasteiger charge is 2.29. The van der Waals surface area contributed by atoms with Crippen molar-refractivity contribution in [2.45, 2.75) is 20.3 Å². The predicted molar refractivity (Wildman–Crippen MR) is 133 cm³/mol. The van der Waals surface area contributed by atoms with E-state index in [0.29, 0.717) is 11.4 Å². The number of carbonyl (C=O) groups is 1. The lowest BCUT2D eigenvalue weighted by molar-refractivity contribution is 0.102. The van der Waals surface area contributed by atoms with Crippen LogP contribution in [0.3, 0.4) is 0 Å². The van der Waals surface area contributed by atoms with Crippen LogP contribution in [-0.4, -0.2) is 40.6 Å². The summed E-state index contributed by atoms with van der Waals surface area (Å²) in [5.41, 5.74) is 0.667. The van der Waals surface area contributed by atoms with Crippen LogP contribution in [0.15, 0.2) is 55.1 Å². The van der Waals surface area contributed by atoms with E-state index in [0.717, 1.165) is 12.1 Å². The lowest BCUT2D eigenvalue weighted by Crippen LogP contribution is -2.16. The second-order valence-electron chi connectivity index (χ2n) is 8.10. The number of pyridine rings is 2. The van der Waals surface area contributed by atoms with Crippen molar-refractivity contribution in [1.82, 2.24) is 34.7 Å². The van der Waals surface area contributed by atoms with Crippen molar-refractivity contribution < 1.29 is 18.0 Å². The molecule has 5 aromatic rings. The summed E-state index contributed by atoms with van der Waals surface area (Å²) in [6, 6.07) is 6.75. The van der Waals surface area contributed by atoms with E-state index in [9.17, 15) is 13.6 Å². The highest BCUT2D eigenvalue weighted by atomic mass is 35.5. The number of hydrogen-bond acceptors (Lipinski definition) is 6. The smallest absolute Gasteiger partial charge is 0.259 e. The molecule has 0 atom stereocenters. The van der Waals surface area contributed by atoms with Crippen molar-refractivity contribution >= 4 is 23.2 Å². The molecule has 192 valence electrons. The van der Waals surface area contributed by atoms with Gasteiger partial charge in [-0.15, -0.1) is 4.80 Å². The van der Waals surface area contributed by atoms with E-state index in [-0.39, 0.29) is 45.5 Å². The van der Waals surface area contributed by atoms with E-state index in [1.165, 1.54) is 40.3 Å². The van der Waals surface area contributed by atoms with E-state index >= 15 is 4.39 Å². The zero-order chi connectivity index (χ0) is 27.0. The molecule has 0 fully saturated rings. The summed E-state index contributed by atoms with van der Waals surface area (Å²) in [4.78, 5) is 23.4. The number of aryl methyl sites for hydroxylation is 2. The lowest BCUT2D eigenvalue weighted by Gasteiger charge is -2.13. The molecule has 0 radical (unpaired) electrons. The fraction of sp³-hybridized carbons (Fsp3) is 0.120. The molecule has 0 saturated carbocycles. The molecule has 0 saturated heterocycles. The van der Waals surface area contributed by atoms with Crippen molar-refractivity contribution in [2.24, 2.45) is 0 Å². The quantitative estimate of drug-likeness (QED) is 0.302. The van der Waals surface area contributed by atoms with Crippen LogP contribution >= 0.6 is 11.6 Å². The van der Waals surface area contributed by atoms with Gasteiger partial charge in [-0.25, -0.2) is 27.8 Å². The van der Waals surface area contributed by atoms with Gasteiger partial charge in [-0.1, -0.05) is 24.6 Å². The maximum absolute atomic E-state index is 15.1. The standard InChI is InChI=1S/C25H18ClF3N8O/c1-3-18-19(25(38)34-14-11-16(26)24(31-12-14)37-32-9-10-33-37)22(15-6-7-17(27)21(29)20(15)28)36(35-18)23-13(2)5-4-8-30-23/h4-12H,3H2,1-2H3,(H,34,38). The first-order valence-electron chi connectivity index (χ1n) is 11.3. The fourth-order valence-electron chi connectivity index (χ4n) is 3.92. The maximum Gasteiger partial charge on any atom is 0.259 e. The Morgan fingerprint density at radius 2 is 1.79 bits per heavy atom. The molecule has 5 rings (SSSR count). The average Bonchev–Trinajstić information content (AvgIpc) is 3.56. The number of nitrogens with one attached hydrogen (secondary N) is 1. The number of aromatic nitrogens is 7. The Labute approximate surface area is 218 Å². The molecular formula is C25H18ClF3N8O. The van der Waals surface area contributed by atoms with E-state index in [1.807, 2.05) is 0 Å². The normalized spacial score (nSPS) is 11.1. The van der Waals surface area contributed by atoms with E-state index in [4.69, 9.17) is 11.6 Å². The Hall–Kier alpha value is -4.58. The number of hydrogen-bond donors (Lipinski definition) is 1. The van der Waals surface area contributed by atoms with Crippen LogP contribution < -0.4 is 5.32 Å². The molecule has 1 N–H and O–H groups in total. The van der Waals surface area contributed by atoms with Gasteiger partial charge in [0.1, 0.15) is 0 Å². The Morgan fingerprint density at radius 1 is 1.03 bits per heavy atom. The van der Waals surface area contributed by atoms with Crippen LogP contribution in [0, 0.1) is 24.4 Å². The molecule has 0 bridgehead atoms. The number of nitrogens with zero attached hydrogens (tertiary/aromatic N) is 7. The second kappa shape index (κ2) is 10.1. The minimum absolute atomic E-state index is 0.0450. The van der Waals surface area contributed by atoms with Gasteiger partial charge < -0.3 is 5.32 Å². The zero-order valence-corrected chi connectivity index (χ0v) is 20.7. The third-order valence-corrected chi connectivity index (χ3v) is 5.96. The van der Waals surface area contributed by atoms with E-state index in [2.05, 4.69) is 30.6 Å². The van der Waals surface area contributed by atoms with Gasteiger partial charge in [0.2, 0.25) is 0 Å². The highest BCUT2D eigenvalue weighted by Crippen LogP contribution is 2.34. The Bertz CT molecular complexity index is 1670. The molecule has 0 aliphatic carbocycles.